The number of aryl methyl sites for hydroxylation is 1. The normalized spacial score (nSPS) is 10.6. The summed E-state index contributed by atoms with van der Waals surface area (Å²) in [5.41, 5.74) is 4.17. The number of nitrogens with one attached hydrogen (secondary N) is 1. The van der Waals surface area contributed by atoms with E-state index in [1.807, 2.05) is 18.6 Å². The van der Waals surface area contributed by atoms with E-state index < -0.39 is 0 Å². The number of pyridine rings is 1. The first kappa shape index (κ1) is 11.7. The SMILES string of the molecule is Cc1ncsc1CNCc1cncc(Br)c1. The Morgan fingerprint density at radius 1 is 1.38 bits per heavy atom. The summed E-state index contributed by atoms with van der Waals surface area (Å²) >= 11 is 5.10. The van der Waals surface area contributed by atoms with Crippen molar-refractivity contribution in [2.24, 2.45) is 0 Å². The molecule has 3 nitrogen and oxygen atoms in total. The Morgan fingerprint density at radius 3 is 2.94 bits per heavy atom. The van der Waals surface area contributed by atoms with Crippen molar-refractivity contribution in [2.75, 3.05) is 0 Å². The summed E-state index contributed by atoms with van der Waals surface area (Å²) in [5, 5.41) is 3.38. The number of halogens is 1. The molecule has 0 saturated heterocycles. The second-order valence-electron chi connectivity index (χ2n) is 3.48. The molecule has 2 aromatic rings. The van der Waals surface area contributed by atoms with Crippen LogP contribution in [0.2, 0.25) is 0 Å². The first-order chi connectivity index (χ1) is 7.75. The number of aromatic nitrogens is 2. The second-order valence-corrected chi connectivity index (χ2v) is 5.33. The molecule has 2 rings (SSSR count). The fourth-order valence-corrected chi connectivity index (χ4v) is 2.53. The lowest BCUT2D eigenvalue weighted by molar-refractivity contribution is 0.695. The Morgan fingerprint density at radius 2 is 2.25 bits per heavy atom. The molecular formula is C11H12BrN3S. The topological polar surface area (TPSA) is 37.8 Å². The molecule has 0 radical (unpaired) electrons. The molecule has 84 valence electrons. The van der Waals surface area contributed by atoms with Crippen molar-refractivity contribution in [3.8, 4) is 0 Å². The summed E-state index contributed by atoms with van der Waals surface area (Å²) < 4.78 is 1.01. The van der Waals surface area contributed by atoms with Gasteiger partial charge in [-0.25, -0.2) is 4.98 Å². The maximum Gasteiger partial charge on any atom is 0.0798 e. The van der Waals surface area contributed by atoms with Gasteiger partial charge < -0.3 is 5.32 Å². The molecule has 0 aromatic carbocycles. The zero-order valence-corrected chi connectivity index (χ0v) is 11.3. The molecule has 1 N–H and O–H groups in total. The molecule has 0 fully saturated rings. The van der Waals surface area contributed by atoms with Gasteiger partial charge in [-0.15, -0.1) is 11.3 Å². The van der Waals surface area contributed by atoms with E-state index in [0.717, 1.165) is 23.3 Å². The minimum atomic E-state index is 0.823. The molecule has 0 aliphatic heterocycles. The molecule has 5 heteroatoms. The molecule has 0 amide bonds. The van der Waals surface area contributed by atoms with Crippen molar-refractivity contribution in [3.05, 3.63) is 44.6 Å². The van der Waals surface area contributed by atoms with Gasteiger partial charge in [-0.05, 0) is 34.5 Å². The molecule has 2 aromatic heterocycles. The molecule has 0 spiro atoms. The van der Waals surface area contributed by atoms with Crippen LogP contribution in [0, 0.1) is 6.92 Å². The third-order valence-electron chi connectivity index (χ3n) is 2.22. The maximum absolute atomic E-state index is 4.22. The van der Waals surface area contributed by atoms with E-state index in [4.69, 9.17) is 0 Å². The molecule has 0 aliphatic rings. The Bertz CT molecular complexity index is 470. The van der Waals surface area contributed by atoms with Gasteiger partial charge in [-0.1, -0.05) is 0 Å². The predicted octanol–water partition coefficient (Wildman–Crippen LogP) is 2.90. The van der Waals surface area contributed by atoms with Crippen LogP contribution < -0.4 is 5.32 Å². The Balaban J connectivity index is 1.87. The van der Waals surface area contributed by atoms with Crippen LogP contribution in [0.5, 0.6) is 0 Å². The van der Waals surface area contributed by atoms with Crippen LogP contribution >= 0.6 is 27.3 Å². The van der Waals surface area contributed by atoms with E-state index in [9.17, 15) is 0 Å². The van der Waals surface area contributed by atoms with Gasteiger partial charge in [0.05, 0.1) is 11.2 Å². The number of hydrogen-bond donors (Lipinski definition) is 1. The summed E-state index contributed by atoms with van der Waals surface area (Å²) in [6.07, 6.45) is 3.66. The lowest BCUT2D eigenvalue weighted by atomic mass is 10.3. The Labute approximate surface area is 107 Å². The quantitative estimate of drug-likeness (QED) is 0.943. The number of rotatable bonds is 4. The summed E-state index contributed by atoms with van der Waals surface area (Å²) in [4.78, 5) is 9.63. The van der Waals surface area contributed by atoms with Gasteiger partial charge in [0.15, 0.2) is 0 Å². The Kier molecular flexibility index (Phi) is 4.04. The number of nitrogens with zero attached hydrogens (tertiary/aromatic N) is 2. The highest BCUT2D eigenvalue weighted by molar-refractivity contribution is 9.10. The van der Waals surface area contributed by atoms with E-state index in [1.165, 1.54) is 10.4 Å². The lowest BCUT2D eigenvalue weighted by Crippen LogP contribution is -2.12. The average molecular weight is 298 g/mol. The van der Waals surface area contributed by atoms with Gasteiger partial charge in [0.1, 0.15) is 0 Å². The number of hydrogen-bond acceptors (Lipinski definition) is 4. The van der Waals surface area contributed by atoms with E-state index in [0.29, 0.717) is 0 Å². The molecular weight excluding hydrogens is 286 g/mol. The van der Waals surface area contributed by atoms with Crippen LogP contribution in [0.15, 0.2) is 28.4 Å². The summed E-state index contributed by atoms with van der Waals surface area (Å²) in [5.74, 6) is 0. The zero-order chi connectivity index (χ0) is 11.4. The van der Waals surface area contributed by atoms with Crippen LogP contribution in [0.25, 0.3) is 0 Å². The van der Waals surface area contributed by atoms with Crippen LogP contribution in [0.1, 0.15) is 16.1 Å². The van der Waals surface area contributed by atoms with Gasteiger partial charge in [0.2, 0.25) is 0 Å². The van der Waals surface area contributed by atoms with Crippen LogP contribution in [-0.2, 0) is 13.1 Å². The van der Waals surface area contributed by atoms with E-state index >= 15 is 0 Å². The van der Waals surface area contributed by atoms with Gasteiger partial charge in [-0.3, -0.25) is 4.98 Å². The van der Waals surface area contributed by atoms with Crippen molar-refractivity contribution in [3.63, 3.8) is 0 Å². The minimum absolute atomic E-state index is 0.823. The highest BCUT2D eigenvalue weighted by Crippen LogP contribution is 2.12. The second kappa shape index (κ2) is 5.52. The van der Waals surface area contributed by atoms with Crippen LogP contribution in [0.3, 0.4) is 0 Å². The molecule has 0 atom stereocenters. The smallest absolute Gasteiger partial charge is 0.0798 e. The highest BCUT2D eigenvalue weighted by atomic mass is 79.9. The Hall–Kier alpha value is -0.780. The third-order valence-corrected chi connectivity index (χ3v) is 3.59. The fourth-order valence-electron chi connectivity index (χ4n) is 1.37. The molecule has 16 heavy (non-hydrogen) atoms. The van der Waals surface area contributed by atoms with E-state index in [-0.39, 0.29) is 0 Å². The molecule has 0 unspecified atom stereocenters. The minimum Gasteiger partial charge on any atom is -0.308 e. The molecule has 2 heterocycles. The zero-order valence-electron chi connectivity index (χ0n) is 8.90. The standard InChI is InChI=1S/C11H12BrN3S/c1-8-11(16-7-15-8)6-14-4-9-2-10(12)5-13-3-9/h2-3,5,7,14H,4,6H2,1H3. The largest absolute Gasteiger partial charge is 0.308 e. The summed E-state index contributed by atoms with van der Waals surface area (Å²) in [6.45, 7) is 3.72. The van der Waals surface area contributed by atoms with Gasteiger partial charge >= 0.3 is 0 Å². The van der Waals surface area contributed by atoms with Gasteiger partial charge in [-0.2, -0.15) is 0 Å². The summed E-state index contributed by atoms with van der Waals surface area (Å²) in [7, 11) is 0. The average Bonchev–Trinajstić information content (AvgIpc) is 2.65. The van der Waals surface area contributed by atoms with Crippen molar-refractivity contribution >= 4 is 27.3 Å². The number of thiazole rings is 1. The van der Waals surface area contributed by atoms with Crippen molar-refractivity contribution in [1.82, 2.24) is 15.3 Å². The monoisotopic (exact) mass is 297 g/mol. The van der Waals surface area contributed by atoms with Crippen LogP contribution in [0.4, 0.5) is 0 Å². The molecule has 0 bridgehead atoms. The third kappa shape index (κ3) is 3.10. The fraction of sp³-hybridized carbons (Fsp3) is 0.273. The predicted molar refractivity (Wildman–Crippen MR) is 69.3 cm³/mol. The van der Waals surface area contributed by atoms with Crippen molar-refractivity contribution < 1.29 is 0 Å². The highest BCUT2D eigenvalue weighted by Gasteiger charge is 2.00. The van der Waals surface area contributed by atoms with Crippen LogP contribution in [-0.4, -0.2) is 9.97 Å². The van der Waals surface area contributed by atoms with Gasteiger partial charge in [0.25, 0.3) is 0 Å². The van der Waals surface area contributed by atoms with Gasteiger partial charge in [0, 0.05) is 34.8 Å². The maximum atomic E-state index is 4.22. The van der Waals surface area contributed by atoms with E-state index in [1.54, 1.807) is 17.5 Å². The summed E-state index contributed by atoms with van der Waals surface area (Å²) in [6, 6.07) is 2.07. The van der Waals surface area contributed by atoms with Crippen molar-refractivity contribution in [2.45, 2.75) is 20.0 Å². The van der Waals surface area contributed by atoms with Crippen molar-refractivity contribution in [1.29, 1.82) is 0 Å². The lowest BCUT2D eigenvalue weighted by Gasteiger charge is -2.03. The first-order valence-electron chi connectivity index (χ1n) is 4.95. The first-order valence-corrected chi connectivity index (χ1v) is 6.62. The molecule has 0 aliphatic carbocycles. The molecule has 0 saturated carbocycles. The van der Waals surface area contributed by atoms with E-state index in [2.05, 4.69) is 37.3 Å².